The number of hydrogen-bond acceptors (Lipinski definition) is 4. The molecule has 1 fully saturated rings. The van der Waals surface area contributed by atoms with Gasteiger partial charge in [-0.3, -0.25) is 14.9 Å². The Hall–Kier alpha value is -1.82. The Labute approximate surface area is 121 Å². The molecule has 7 heteroatoms. The van der Waals surface area contributed by atoms with Gasteiger partial charge in [-0.2, -0.15) is 0 Å². The molecule has 1 aromatic carbocycles. The average molecular weight is 298 g/mol. The molecule has 0 aliphatic heterocycles. The van der Waals surface area contributed by atoms with E-state index in [0.717, 1.165) is 31.7 Å². The zero-order valence-electron chi connectivity index (χ0n) is 10.9. The van der Waals surface area contributed by atoms with Gasteiger partial charge in [0.1, 0.15) is 0 Å². The van der Waals surface area contributed by atoms with Crippen LogP contribution in [0.25, 0.3) is 0 Å². The van der Waals surface area contributed by atoms with Crippen LogP contribution < -0.4 is 11.1 Å². The molecule has 0 unspecified atom stereocenters. The smallest absolute Gasteiger partial charge is 0.271 e. The molecule has 1 aliphatic rings. The van der Waals surface area contributed by atoms with Crippen molar-refractivity contribution in [2.45, 2.75) is 38.1 Å². The third-order valence-corrected chi connectivity index (χ3v) is 3.82. The molecule has 20 heavy (non-hydrogen) atoms. The lowest BCUT2D eigenvalue weighted by molar-refractivity contribution is -0.384. The number of amides is 1. The van der Waals surface area contributed by atoms with Crippen LogP contribution in [0.1, 0.15) is 42.5 Å². The van der Waals surface area contributed by atoms with Gasteiger partial charge in [0.2, 0.25) is 0 Å². The van der Waals surface area contributed by atoms with Crippen molar-refractivity contribution in [2.75, 3.05) is 5.73 Å². The third kappa shape index (κ3) is 3.19. The lowest BCUT2D eigenvalue weighted by Crippen LogP contribution is -2.36. The molecule has 0 heterocycles. The van der Waals surface area contributed by atoms with Gasteiger partial charge in [0.25, 0.3) is 11.6 Å². The van der Waals surface area contributed by atoms with Crippen LogP contribution in [-0.4, -0.2) is 16.9 Å². The minimum Gasteiger partial charge on any atom is -0.397 e. The number of nitrogens with two attached hydrogens (primary N) is 1. The van der Waals surface area contributed by atoms with Gasteiger partial charge in [-0.05, 0) is 12.8 Å². The Morgan fingerprint density at radius 3 is 2.60 bits per heavy atom. The zero-order chi connectivity index (χ0) is 14.7. The van der Waals surface area contributed by atoms with Gasteiger partial charge in [-0.15, -0.1) is 0 Å². The van der Waals surface area contributed by atoms with Gasteiger partial charge in [-0.1, -0.05) is 30.9 Å². The number of carbonyl (C=O) groups is 1. The van der Waals surface area contributed by atoms with E-state index in [1.807, 2.05) is 0 Å². The van der Waals surface area contributed by atoms with E-state index in [9.17, 15) is 14.9 Å². The van der Waals surface area contributed by atoms with Crippen LogP contribution in [0, 0.1) is 10.1 Å². The van der Waals surface area contributed by atoms with E-state index in [1.54, 1.807) is 0 Å². The summed E-state index contributed by atoms with van der Waals surface area (Å²) in [5.41, 5.74) is 5.64. The second-order valence-electron chi connectivity index (χ2n) is 4.95. The molecule has 108 valence electrons. The van der Waals surface area contributed by atoms with Gasteiger partial charge in [0.15, 0.2) is 0 Å². The van der Waals surface area contributed by atoms with Crippen molar-refractivity contribution in [1.29, 1.82) is 0 Å². The number of benzene rings is 1. The molecule has 0 bridgehead atoms. The lowest BCUT2D eigenvalue weighted by atomic mass is 9.95. The largest absolute Gasteiger partial charge is 0.397 e. The molecule has 1 saturated carbocycles. The first-order valence-corrected chi connectivity index (χ1v) is 6.91. The minimum atomic E-state index is -0.595. The highest BCUT2D eigenvalue weighted by molar-refractivity contribution is 6.34. The van der Waals surface area contributed by atoms with Gasteiger partial charge >= 0.3 is 0 Å². The maximum absolute atomic E-state index is 12.2. The fourth-order valence-electron chi connectivity index (χ4n) is 2.41. The lowest BCUT2D eigenvalue weighted by Gasteiger charge is -2.23. The maximum Gasteiger partial charge on any atom is 0.271 e. The molecule has 1 aliphatic carbocycles. The molecular formula is C13H16ClN3O3. The molecule has 1 amide bonds. The molecule has 2 rings (SSSR count). The Kier molecular flexibility index (Phi) is 4.44. The average Bonchev–Trinajstić information content (AvgIpc) is 2.42. The first kappa shape index (κ1) is 14.6. The van der Waals surface area contributed by atoms with E-state index < -0.39 is 10.8 Å². The first-order chi connectivity index (χ1) is 9.49. The number of halogens is 1. The molecule has 0 radical (unpaired) electrons. The minimum absolute atomic E-state index is 0.0213. The fourth-order valence-corrected chi connectivity index (χ4v) is 2.62. The highest BCUT2D eigenvalue weighted by atomic mass is 35.5. The summed E-state index contributed by atoms with van der Waals surface area (Å²) in [6.07, 6.45) is 5.19. The SMILES string of the molecule is Nc1c(Cl)cc([N+](=O)[O-])cc1C(=O)NC1CCCCC1. The number of hydrogen-bond donors (Lipinski definition) is 2. The van der Waals surface area contributed by atoms with Crippen LogP contribution in [0.4, 0.5) is 11.4 Å². The van der Waals surface area contributed by atoms with Gasteiger partial charge < -0.3 is 11.1 Å². The Morgan fingerprint density at radius 1 is 1.35 bits per heavy atom. The predicted octanol–water partition coefficient (Wildman–Crippen LogP) is 2.89. The molecule has 0 atom stereocenters. The van der Waals surface area contributed by atoms with Crippen LogP contribution in [-0.2, 0) is 0 Å². The standard InChI is InChI=1S/C13H16ClN3O3/c14-11-7-9(17(19)20)6-10(12(11)15)13(18)16-8-4-2-1-3-5-8/h6-8H,1-5,15H2,(H,16,18). The second-order valence-corrected chi connectivity index (χ2v) is 5.36. The number of non-ortho nitro benzene ring substituents is 1. The van der Waals surface area contributed by atoms with Crippen molar-refractivity contribution in [2.24, 2.45) is 0 Å². The van der Waals surface area contributed by atoms with Crippen molar-refractivity contribution in [3.05, 3.63) is 32.8 Å². The number of rotatable bonds is 3. The summed E-state index contributed by atoms with van der Waals surface area (Å²) in [4.78, 5) is 22.4. The number of nitrogen functional groups attached to an aromatic ring is 1. The third-order valence-electron chi connectivity index (χ3n) is 3.51. The Morgan fingerprint density at radius 2 is 2.00 bits per heavy atom. The number of nitrogens with zero attached hydrogens (tertiary/aromatic N) is 1. The van der Waals surface area contributed by atoms with E-state index in [4.69, 9.17) is 17.3 Å². The summed E-state index contributed by atoms with van der Waals surface area (Å²) < 4.78 is 0. The molecular weight excluding hydrogens is 282 g/mol. The van der Waals surface area contributed by atoms with Gasteiger partial charge in [0, 0.05) is 18.2 Å². The Balaban J connectivity index is 2.21. The van der Waals surface area contributed by atoms with Crippen LogP contribution in [0.3, 0.4) is 0 Å². The van der Waals surface area contributed by atoms with Crippen LogP contribution >= 0.6 is 11.6 Å². The number of carbonyl (C=O) groups excluding carboxylic acids is 1. The number of nitrogens with one attached hydrogen (secondary N) is 1. The zero-order valence-corrected chi connectivity index (χ0v) is 11.7. The van der Waals surface area contributed by atoms with Crippen molar-refractivity contribution >= 4 is 28.9 Å². The molecule has 0 spiro atoms. The van der Waals surface area contributed by atoms with Crippen molar-refractivity contribution in [3.8, 4) is 0 Å². The normalized spacial score (nSPS) is 15.8. The summed E-state index contributed by atoms with van der Waals surface area (Å²) in [6.45, 7) is 0. The molecule has 1 aromatic rings. The summed E-state index contributed by atoms with van der Waals surface area (Å²) in [7, 11) is 0. The van der Waals surface area contributed by atoms with E-state index >= 15 is 0 Å². The summed E-state index contributed by atoms with van der Waals surface area (Å²) in [5.74, 6) is -0.403. The quantitative estimate of drug-likeness (QED) is 0.509. The Bertz CT molecular complexity index is 542. The van der Waals surface area contributed by atoms with Crippen LogP contribution in [0.2, 0.25) is 5.02 Å². The number of nitro benzene ring substituents is 1. The number of anilines is 1. The van der Waals surface area contributed by atoms with E-state index in [2.05, 4.69) is 5.32 Å². The highest BCUT2D eigenvalue weighted by Crippen LogP contribution is 2.29. The molecule has 6 nitrogen and oxygen atoms in total. The van der Waals surface area contributed by atoms with Crippen molar-refractivity contribution < 1.29 is 9.72 Å². The van der Waals surface area contributed by atoms with Gasteiger partial charge in [0.05, 0.1) is 21.2 Å². The van der Waals surface area contributed by atoms with Crippen molar-refractivity contribution in [1.82, 2.24) is 5.32 Å². The van der Waals surface area contributed by atoms with Crippen molar-refractivity contribution in [3.63, 3.8) is 0 Å². The monoisotopic (exact) mass is 297 g/mol. The van der Waals surface area contributed by atoms with E-state index in [1.165, 1.54) is 12.5 Å². The van der Waals surface area contributed by atoms with E-state index in [0.29, 0.717) is 0 Å². The van der Waals surface area contributed by atoms with Crippen LogP contribution in [0.15, 0.2) is 12.1 Å². The second kappa shape index (κ2) is 6.09. The number of nitro groups is 1. The molecule has 0 aromatic heterocycles. The highest BCUT2D eigenvalue weighted by Gasteiger charge is 2.22. The molecule has 0 saturated heterocycles. The fraction of sp³-hybridized carbons (Fsp3) is 0.462. The maximum atomic E-state index is 12.2. The van der Waals surface area contributed by atoms with Gasteiger partial charge in [-0.25, -0.2) is 0 Å². The first-order valence-electron chi connectivity index (χ1n) is 6.53. The summed E-state index contributed by atoms with van der Waals surface area (Å²) in [6, 6.07) is 2.42. The molecule has 3 N–H and O–H groups in total. The topological polar surface area (TPSA) is 98.3 Å². The van der Waals surface area contributed by atoms with E-state index in [-0.39, 0.29) is 28.0 Å². The summed E-state index contributed by atoms with van der Waals surface area (Å²) in [5, 5.41) is 13.7. The van der Waals surface area contributed by atoms with Crippen LogP contribution in [0.5, 0.6) is 0 Å². The predicted molar refractivity (Wildman–Crippen MR) is 76.9 cm³/mol. The summed E-state index contributed by atoms with van der Waals surface area (Å²) >= 11 is 5.84.